The van der Waals surface area contributed by atoms with E-state index in [2.05, 4.69) is 36.3 Å². The van der Waals surface area contributed by atoms with Crippen LogP contribution < -0.4 is 10.1 Å². The summed E-state index contributed by atoms with van der Waals surface area (Å²) in [6.07, 6.45) is 4.21. The van der Waals surface area contributed by atoms with Crippen molar-refractivity contribution >= 4 is 18.0 Å². The predicted octanol–water partition coefficient (Wildman–Crippen LogP) is 2.40. The number of hydrogen-bond acceptors (Lipinski definition) is 3. The highest BCUT2D eigenvalue weighted by Crippen LogP contribution is 2.27. The van der Waals surface area contributed by atoms with Crippen molar-refractivity contribution in [2.75, 3.05) is 13.2 Å². The number of ether oxygens (including phenoxy) is 1. The average Bonchev–Trinajstić information content (AvgIpc) is 2.51. The first kappa shape index (κ1) is 16.9. The minimum absolute atomic E-state index is 0.186. The zero-order valence-electron chi connectivity index (χ0n) is 13.7. The van der Waals surface area contributed by atoms with Gasteiger partial charge in [-0.3, -0.25) is 9.59 Å². The number of aliphatic imine (C=N–C) groups is 1. The maximum atomic E-state index is 11.9. The summed E-state index contributed by atoms with van der Waals surface area (Å²) in [6.45, 7) is 7.05. The highest BCUT2D eigenvalue weighted by molar-refractivity contribution is 6.05. The summed E-state index contributed by atoms with van der Waals surface area (Å²) in [5.41, 5.74) is 2.30. The van der Waals surface area contributed by atoms with Crippen LogP contribution >= 0.6 is 0 Å². The summed E-state index contributed by atoms with van der Waals surface area (Å²) in [5.74, 6) is 0.227. The molecule has 0 bridgehead atoms. The molecule has 0 fully saturated rings. The van der Waals surface area contributed by atoms with E-state index >= 15 is 0 Å². The predicted molar refractivity (Wildman–Crippen MR) is 89.9 cm³/mol. The Labute approximate surface area is 136 Å². The van der Waals surface area contributed by atoms with Crippen LogP contribution in [0.1, 0.15) is 30.9 Å². The van der Waals surface area contributed by atoms with Crippen molar-refractivity contribution in [1.29, 1.82) is 0 Å². The van der Waals surface area contributed by atoms with Gasteiger partial charge in [0.15, 0.2) is 0 Å². The highest BCUT2D eigenvalue weighted by Gasteiger charge is 2.16. The van der Waals surface area contributed by atoms with E-state index in [0.717, 1.165) is 16.9 Å². The Hall–Kier alpha value is -2.43. The second-order valence-corrected chi connectivity index (χ2v) is 5.84. The van der Waals surface area contributed by atoms with Gasteiger partial charge in [-0.1, -0.05) is 32.1 Å². The fraction of sp³-hybridized carbons (Fsp3) is 0.389. The molecule has 1 aromatic rings. The molecule has 1 unspecified atom stereocenters. The Morgan fingerprint density at radius 3 is 2.83 bits per heavy atom. The van der Waals surface area contributed by atoms with Gasteiger partial charge in [-0.25, -0.2) is 4.99 Å². The van der Waals surface area contributed by atoms with Crippen LogP contribution in [0, 0.1) is 12.8 Å². The summed E-state index contributed by atoms with van der Waals surface area (Å²) in [7, 11) is 0. The van der Waals surface area contributed by atoms with Crippen molar-refractivity contribution in [3.63, 3.8) is 0 Å². The first-order valence-corrected chi connectivity index (χ1v) is 7.75. The molecule has 2 rings (SSSR count). The summed E-state index contributed by atoms with van der Waals surface area (Å²) in [5, 5.41) is 2.78. The van der Waals surface area contributed by atoms with E-state index in [4.69, 9.17) is 4.74 Å². The second kappa shape index (κ2) is 7.72. The summed E-state index contributed by atoms with van der Waals surface area (Å²) in [6, 6.07) is 6.16. The van der Waals surface area contributed by atoms with Gasteiger partial charge >= 0.3 is 0 Å². The molecule has 5 nitrogen and oxygen atoms in total. The summed E-state index contributed by atoms with van der Waals surface area (Å²) in [4.78, 5) is 26.5. The van der Waals surface area contributed by atoms with E-state index in [0.29, 0.717) is 19.1 Å². The molecule has 2 amide bonds. The van der Waals surface area contributed by atoms with Crippen LogP contribution in [-0.2, 0) is 9.59 Å². The van der Waals surface area contributed by atoms with Gasteiger partial charge in [0.1, 0.15) is 12.4 Å². The van der Waals surface area contributed by atoms with Crippen LogP contribution in [0.2, 0.25) is 0 Å². The molecule has 0 saturated carbocycles. The van der Waals surface area contributed by atoms with Gasteiger partial charge in [-0.05, 0) is 30.0 Å². The number of carbonyl (C=O) groups excluding carboxylic acids is 2. The number of aryl methyl sites for hydroxylation is 1. The van der Waals surface area contributed by atoms with Gasteiger partial charge in [-0.15, -0.1) is 0 Å². The molecule has 122 valence electrons. The normalized spacial score (nSPS) is 16.7. The Kier molecular flexibility index (Phi) is 5.68. The molecule has 5 heteroatoms. The second-order valence-electron chi connectivity index (χ2n) is 5.84. The van der Waals surface area contributed by atoms with Crippen molar-refractivity contribution in [3.8, 4) is 5.75 Å². The van der Waals surface area contributed by atoms with Crippen LogP contribution in [0.15, 0.2) is 35.3 Å². The SMILES string of the molecule is Cc1ccc(C(C)C)c(OCCNC(=O)C2C=CC(=O)N=C2)c1. The molecule has 0 aromatic heterocycles. The Bertz CT molecular complexity index is 632. The number of nitrogens with zero attached hydrogens (tertiary/aromatic N) is 1. The van der Waals surface area contributed by atoms with Crippen molar-refractivity contribution in [3.05, 3.63) is 41.5 Å². The van der Waals surface area contributed by atoms with Gasteiger partial charge in [0.25, 0.3) is 5.91 Å². The number of amides is 2. The van der Waals surface area contributed by atoms with Crippen molar-refractivity contribution in [2.24, 2.45) is 10.9 Å². The van der Waals surface area contributed by atoms with E-state index in [-0.39, 0.29) is 11.8 Å². The number of hydrogen-bond donors (Lipinski definition) is 1. The highest BCUT2D eigenvalue weighted by atomic mass is 16.5. The summed E-state index contributed by atoms with van der Waals surface area (Å²) >= 11 is 0. The van der Waals surface area contributed by atoms with E-state index in [1.807, 2.05) is 13.0 Å². The molecule has 1 N–H and O–H groups in total. The van der Waals surface area contributed by atoms with Crippen molar-refractivity contribution < 1.29 is 14.3 Å². The molecule has 1 atom stereocenters. The van der Waals surface area contributed by atoms with Gasteiger partial charge in [0, 0.05) is 12.3 Å². The van der Waals surface area contributed by atoms with Gasteiger partial charge < -0.3 is 10.1 Å². The molecule has 1 aromatic carbocycles. The van der Waals surface area contributed by atoms with E-state index in [9.17, 15) is 9.59 Å². The molecular weight excluding hydrogens is 292 g/mol. The molecule has 0 aliphatic carbocycles. The molecule has 0 radical (unpaired) electrons. The number of benzene rings is 1. The van der Waals surface area contributed by atoms with Crippen LogP contribution in [0.25, 0.3) is 0 Å². The van der Waals surface area contributed by atoms with Crippen LogP contribution in [-0.4, -0.2) is 31.2 Å². The van der Waals surface area contributed by atoms with E-state index in [1.54, 1.807) is 6.08 Å². The molecular formula is C18H22N2O3. The molecule has 23 heavy (non-hydrogen) atoms. The third-order valence-corrected chi connectivity index (χ3v) is 3.56. The third kappa shape index (κ3) is 4.77. The molecule has 1 heterocycles. The third-order valence-electron chi connectivity index (χ3n) is 3.56. The lowest BCUT2D eigenvalue weighted by Crippen LogP contribution is -2.34. The van der Waals surface area contributed by atoms with Crippen LogP contribution in [0.4, 0.5) is 0 Å². The van der Waals surface area contributed by atoms with Gasteiger partial charge in [0.2, 0.25) is 5.91 Å². The largest absolute Gasteiger partial charge is 0.491 e. The Morgan fingerprint density at radius 1 is 1.39 bits per heavy atom. The Morgan fingerprint density at radius 2 is 2.17 bits per heavy atom. The zero-order chi connectivity index (χ0) is 16.8. The fourth-order valence-corrected chi connectivity index (χ4v) is 2.28. The maximum Gasteiger partial charge on any atom is 0.269 e. The monoisotopic (exact) mass is 314 g/mol. The standard InChI is InChI=1S/C18H22N2O3/c1-12(2)15-6-4-13(3)10-16(15)23-9-8-19-18(22)14-5-7-17(21)20-11-14/h4-7,10-12,14H,8-9H2,1-3H3,(H,19,22). The van der Waals surface area contributed by atoms with E-state index in [1.165, 1.54) is 12.3 Å². The lowest BCUT2D eigenvalue weighted by atomic mass is 10.0. The topological polar surface area (TPSA) is 67.8 Å². The minimum Gasteiger partial charge on any atom is -0.491 e. The van der Waals surface area contributed by atoms with Gasteiger partial charge in [-0.2, -0.15) is 0 Å². The van der Waals surface area contributed by atoms with Gasteiger partial charge in [0.05, 0.1) is 12.5 Å². The molecule has 0 saturated heterocycles. The van der Waals surface area contributed by atoms with Crippen molar-refractivity contribution in [2.45, 2.75) is 26.7 Å². The maximum absolute atomic E-state index is 11.9. The number of nitrogens with one attached hydrogen (secondary N) is 1. The quantitative estimate of drug-likeness (QED) is 0.820. The summed E-state index contributed by atoms with van der Waals surface area (Å²) < 4.78 is 5.81. The van der Waals surface area contributed by atoms with Crippen molar-refractivity contribution in [1.82, 2.24) is 5.32 Å². The Balaban J connectivity index is 1.83. The average molecular weight is 314 g/mol. The number of rotatable bonds is 6. The smallest absolute Gasteiger partial charge is 0.269 e. The lowest BCUT2D eigenvalue weighted by Gasteiger charge is -2.16. The number of carbonyl (C=O) groups is 2. The molecule has 1 aliphatic rings. The number of dihydropyridines is 1. The zero-order valence-corrected chi connectivity index (χ0v) is 13.7. The first-order valence-electron chi connectivity index (χ1n) is 7.75. The van der Waals surface area contributed by atoms with Crippen LogP contribution in [0.3, 0.4) is 0 Å². The lowest BCUT2D eigenvalue weighted by molar-refractivity contribution is -0.121. The molecule has 1 aliphatic heterocycles. The minimum atomic E-state index is -0.488. The fourth-order valence-electron chi connectivity index (χ4n) is 2.28. The molecule has 0 spiro atoms. The van der Waals surface area contributed by atoms with Crippen LogP contribution in [0.5, 0.6) is 5.75 Å². The first-order chi connectivity index (χ1) is 11.0. The van der Waals surface area contributed by atoms with E-state index < -0.39 is 5.92 Å².